The lowest BCUT2D eigenvalue weighted by atomic mass is 9.93. The van der Waals surface area contributed by atoms with Crippen LogP contribution in [0, 0.1) is 0 Å². The molecule has 0 saturated carbocycles. The van der Waals surface area contributed by atoms with E-state index in [9.17, 15) is 0 Å². The van der Waals surface area contributed by atoms with Gasteiger partial charge in [-0.05, 0) is 125 Å². The van der Waals surface area contributed by atoms with Gasteiger partial charge in [-0.2, -0.15) is 0 Å². The highest BCUT2D eigenvalue weighted by molar-refractivity contribution is 6.18. The highest BCUT2D eigenvalue weighted by Crippen LogP contribution is 2.40. The topological polar surface area (TPSA) is 3.24 Å². The Hall–Kier alpha value is -6.70. The average molecular weight is 648 g/mol. The predicted molar refractivity (Wildman–Crippen MR) is 220 cm³/mol. The van der Waals surface area contributed by atoms with E-state index in [4.69, 9.17) is 0 Å². The van der Waals surface area contributed by atoms with Gasteiger partial charge in [0, 0.05) is 17.1 Å². The van der Waals surface area contributed by atoms with Gasteiger partial charge >= 0.3 is 0 Å². The lowest BCUT2D eigenvalue weighted by molar-refractivity contribution is 1.28. The van der Waals surface area contributed by atoms with Crippen molar-refractivity contribution in [1.29, 1.82) is 0 Å². The summed E-state index contributed by atoms with van der Waals surface area (Å²) < 4.78 is 0. The summed E-state index contributed by atoms with van der Waals surface area (Å²) in [5, 5.41) is 12.8. The molecule has 0 aliphatic rings. The van der Waals surface area contributed by atoms with Gasteiger partial charge in [0.25, 0.3) is 0 Å². The Labute approximate surface area is 297 Å². The Balaban J connectivity index is 1.03. The molecule has 10 rings (SSSR count). The summed E-state index contributed by atoms with van der Waals surface area (Å²) in [7, 11) is 0. The molecule has 0 aliphatic heterocycles. The van der Waals surface area contributed by atoms with E-state index in [-0.39, 0.29) is 0 Å². The van der Waals surface area contributed by atoms with Crippen LogP contribution in [0.4, 0.5) is 17.1 Å². The van der Waals surface area contributed by atoms with Crippen LogP contribution in [0.5, 0.6) is 0 Å². The fourth-order valence-electron chi connectivity index (χ4n) is 7.91. The number of hydrogen-bond donors (Lipinski definition) is 0. The smallest absolute Gasteiger partial charge is 0.0462 e. The third-order valence-corrected chi connectivity index (χ3v) is 10.4. The van der Waals surface area contributed by atoms with Gasteiger partial charge in [0.15, 0.2) is 0 Å². The van der Waals surface area contributed by atoms with Gasteiger partial charge in [-0.1, -0.05) is 152 Å². The normalized spacial score (nSPS) is 11.5. The number of nitrogens with zero attached hydrogens (tertiary/aromatic N) is 1. The van der Waals surface area contributed by atoms with Crippen LogP contribution in [0.1, 0.15) is 0 Å². The zero-order chi connectivity index (χ0) is 33.7. The molecule has 0 aromatic heterocycles. The molecular formula is C50H33N. The van der Waals surface area contributed by atoms with Crippen molar-refractivity contribution in [1.82, 2.24) is 0 Å². The van der Waals surface area contributed by atoms with Gasteiger partial charge < -0.3 is 4.90 Å². The molecule has 238 valence electrons. The Kier molecular flexibility index (Phi) is 6.89. The van der Waals surface area contributed by atoms with Crippen molar-refractivity contribution < 1.29 is 0 Å². The maximum Gasteiger partial charge on any atom is 0.0462 e. The third kappa shape index (κ3) is 5.02. The van der Waals surface area contributed by atoms with Crippen molar-refractivity contribution in [2.45, 2.75) is 0 Å². The van der Waals surface area contributed by atoms with Crippen molar-refractivity contribution in [2.75, 3.05) is 4.90 Å². The summed E-state index contributed by atoms with van der Waals surface area (Å²) in [5.74, 6) is 0. The molecule has 0 amide bonds. The second-order valence-electron chi connectivity index (χ2n) is 13.3. The van der Waals surface area contributed by atoms with Crippen molar-refractivity contribution in [3.8, 4) is 22.3 Å². The summed E-state index contributed by atoms with van der Waals surface area (Å²) in [6.07, 6.45) is 0. The van der Waals surface area contributed by atoms with Crippen LogP contribution in [0.2, 0.25) is 0 Å². The van der Waals surface area contributed by atoms with Crippen LogP contribution in [0.3, 0.4) is 0 Å². The summed E-state index contributed by atoms with van der Waals surface area (Å²) >= 11 is 0. The lowest BCUT2D eigenvalue weighted by Gasteiger charge is -2.26. The predicted octanol–water partition coefficient (Wildman–Crippen LogP) is 14.3. The molecule has 10 aromatic rings. The molecule has 0 atom stereocenters. The SMILES string of the molecule is c1ccc(N(c2ccc(-c3ccc4ccc5c6ccccc6ccc5c4c3)cc2)c2ccc(-c3cc4ccccc4c4ccccc34)cc2)cc1. The second-order valence-corrected chi connectivity index (χ2v) is 13.3. The van der Waals surface area contributed by atoms with E-state index >= 15 is 0 Å². The summed E-state index contributed by atoms with van der Waals surface area (Å²) in [6, 6.07) is 73.0. The van der Waals surface area contributed by atoms with E-state index < -0.39 is 0 Å². The van der Waals surface area contributed by atoms with Crippen LogP contribution in [-0.4, -0.2) is 0 Å². The lowest BCUT2D eigenvalue weighted by Crippen LogP contribution is -2.09. The van der Waals surface area contributed by atoms with Gasteiger partial charge in [-0.25, -0.2) is 0 Å². The molecule has 0 fully saturated rings. The molecule has 0 heterocycles. The van der Waals surface area contributed by atoms with E-state index in [1.54, 1.807) is 0 Å². The zero-order valence-corrected chi connectivity index (χ0v) is 28.0. The number of hydrogen-bond acceptors (Lipinski definition) is 1. The molecule has 0 aliphatic carbocycles. The molecule has 0 saturated heterocycles. The molecule has 1 heteroatoms. The molecule has 0 bridgehead atoms. The average Bonchev–Trinajstić information content (AvgIpc) is 3.21. The minimum absolute atomic E-state index is 1.12. The maximum absolute atomic E-state index is 2.35. The fraction of sp³-hybridized carbons (Fsp3) is 0. The fourth-order valence-corrected chi connectivity index (χ4v) is 7.91. The quantitative estimate of drug-likeness (QED) is 0.168. The van der Waals surface area contributed by atoms with Crippen LogP contribution in [-0.2, 0) is 0 Å². The molecular weight excluding hydrogens is 615 g/mol. The highest BCUT2D eigenvalue weighted by atomic mass is 15.1. The molecule has 0 N–H and O–H groups in total. The van der Waals surface area contributed by atoms with Crippen molar-refractivity contribution >= 4 is 70.9 Å². The summed E-state index contributed by atoms with van der Waals surface area (Å²) in [4.78, 5) is 2.34. The van der Waals surface area contributed by atoms with Crippen molar-refractivity contribution in [3.05, 3.63) is 200 Å². The van der Waals surface area contributed by atoms with E-state index in [0.29, 0.717) is 0 Å². The van der Waals surface area contributed by atoms with Gasteiger partial charge in [0.05, 0.1) is 0 Å². The van der Waals surface area contributed by atoms with Gasteiger partial charge in [-0.15, -0.1) is 0 Å². The van der Waals surface area contributed by atoms with Gasteiger partial charge in [0.1, 0.15) is 0 Å². The van der Waals surface area contributed by atoms with Crippen LogP contribution >= 0.6 is 0 Å². The van der Waals surface area contributed by atoms with E-state index in [2.05, 4.69) is 205 Å². The number of rotatable bonds is 5. The molecule has 1 nitrogen and oxygen atoms in total. The van der Waals surface area contributed by atoms with Crippen molar-refractivity contribution in [2.24, 2.45) is 0 Å². The Morgan fingerprint density at radius 3 is 1.39 bits per heavy atom. The number of para-hydroxylation sites is 1. The number of fused-ring (bicyclic) bond motifs is 8. The van der Waals surface area contributed by atoms with E-state index in [1.165, 1.54) is 76.1 Å². The van der Waals surface area contributed by atoms with E-state index in [1.807, 2.05) is 0 Å². The Morgan fingerprint density at radius 2 is 0.686 bits per heavy atom. The minimum atomic E-state index is 1.12. The monoisotopic (exact) mass is 647 g/mol. The maximum atomic E-state index is 2.35. The minimum Gasteiger partial charge on any atom is -0.311 e. The van der Waals surface area contributed by atoms with Crippen LogP contribution in [0.25, 0.3) is 76.1 Å². The van der Waals surface area contributed by atoms with Crippen molar-refractivity contribution in [3.63, 3.8) is 0 Å². The summed E-state index contributed by atoms with van der Waals surface area (Å²) in [5.41, 5.74) is 8.24. The zero-order valence-electron chi connectivity index (χ0n) is 28.0. The third-order valence-electron chi connectivity index (χ3n) is 10.4. The highest BCUT2D eigenvalue weighted by Gasteiger charge is 2.15. The second kappa shape index (κ2) is 12.0. The van der Waals surface area contributed by atoms with Gasteiger partial charge in [-0.3, -0.25) is 0 Å². The Morgan fingerprint density at radius 1 is 0.235 bits per heavy atom. The Bertz CT molecular complexity index is 2890. The van der Waals surface area contributed by atoms with Gasteiger partial charge in [0.2, 0.25) is 0 Å². The molecule has 51 heavy (non-hydrogen) atoms. The number of benzene rings is 10. The van der Waals surface area contributed by atoms with Crippen LogP contribution in [0.15, 0.2) is 200 Å². The van der Waals surface area contributed by atoms with E-state index in [0.717, 1.165) is 17.1 Å². The standard InChI is InChI=1S/C50H33N/c1-2-12-40(13-3-1)51(42-28-22-37(23-29-42)50-33-39-11-5-7-15-44(39)45-16-8-9-17-46(45)50)41-26-20-34(21-27-41)38-19-18-36-25-30-47-43-14-6-4-10-35(43)24-31-48(47)49(36)32-38/h1-33H. The van der Waals surface area contributed by atoms with Crippen LogP contribution < -0.4 is 4.90 Å². The molecule has 0 radical (unpaired) electrons. The molecule has 0 spiro atoms. The molecule has 0 unspecified atom stereocenters. The molecule has 10 aromatic carbocycles. The first-order valence-electron chi connectivity index (χ1n) is 17.6. The summed E-state index contributed by atoms with van der Waals surface area (Å²) in [6.45, 7) is 0. The first-order valence-corrected chi connectivity index (χ1v) is 17.6. The largest absolute Gasteiger partial charge is 0.311 e. The number of anilines is 3. The first-order chi connectivity index (χ1) is 25.3. The first kappa shape index (κ1) is 29.2.